The van der Waals surface area contributed by atoms with E-state index >= 15 is 0 Å². The molecular weight excluding hydrogens is 427 g/mol. The van der Waals surface area contributed by atoms with Crippen molar-refractivity contribution in [1.82, 2.24) is 9.88 Å². The van der Waals surface area contributed by atoms with Crippen LogP contribution in [0, 0.1) is 0 Å². The van der Waals surface area contributed by atoms with Gasteiger partial charge in [-0.25, -0.2) is 0 Å². The van der Waals surface area contributed by atoms with Crippen LogP contribution in [0.25, 0.3) is 0 Å². The zero-order valence-corrected chi connectivity index (χ0v) is 17.6. The number of amides is 2. The largest absolute Gasteiger partial charge is 0.383 e. The average molecular weight is 450 g/mol. The molecule has 1 aromatic carbocycles. The van der Waals surface area contributed by atoms with Crippen LogP contribution in [0.1, 0.15) is 5.56 Å². The maximum absolute atomic E-state index is 12.6. The fourth-order valence-corrected chi connectivity index (χ4v) is 2.44. The summed E-state index contributed by atoms with van der Waals surface area (Å²) in [6.07, 6.45) is 3.28. The minimum atomic E-state index is -0.847. The molecule has 0 fully saturated rings. The van der Waals surface area contributed by atoms with E-state index in [1.807, 2.05) is 6.07 Å². The maximum atomic E-state index is 12.6. The van der Waals surface area contributed by atoms with E-state index in [2.05, 4.69) is 10.3 Å². The summed E-state index contributed by atoms with van der Waals surface area (Å²) in [6, 6.07) is 9.45. The van der Waals surface area contributed by atoms with E-state index < -0.39 is 6.04 Å². The van der Waals surface area contributed by atoms with E-state index in [1.165, 1.54) is 12.0 Å². The Bertz CT molecular complexity index is 733. The molecule has 154 valence electrons. The normalized spacial score (nSPS) is 10.8. The van der Waals surface area contributed by atoms with Gasteiger partial charge in [-0.05, 0) is 35.9 Å². The molecule has 0 saturated carbocycles. The molecule has 3 N–H and O–H groups in total. The Morgan fingerprint density at radius 1 is 1.25 bits per heavy atom. The summed E-state index contributed by atoms with van der Waals surface area (Å²) < 4.78 is 4.94. The van der Waals surface area contributed by atoms with Gasteiger partial charge in [0, 0.05) is 36.8 Å². The molecule has 10 heteroatoms. The molecule has 1 aromatic heterocycles. The van der Waals surface area contributed by atoms with Crippen LogP contribution in [-0.4, -0.2) is 48.0 Å². The van der Waals surface area contributed by atoms with Crippen LogP contribution in [0.2, 0.25) is 5.02 Å². The van der Waals surface area contributed by atoms with E-state index in [0.717, 1.165) is 5.56 Å². The number of nitrogens with one attached hydrogen (secondary N) is 1. The zero-order valence-electron chi connectivity index (χ0n) is 15.2. The maximum Gasteiger partial charge on any atom is 0.244 e. The van der Waals surface area contributed by atoms with Crippen molar-refractivity contribution in [2.24, 2.45) is 5.73 Å². The molecule has 2 aromatic rings. The highest BCUT2D eigenvalue weighted by Crippen LogP contribution is 2.13. The van der Waals surface area contributed by atoms with Gasteiger partial charge in [-0.15, -0.1) is 24.8 Å². The van der Waals surface area contributed by atoms with Crippen molar-refractivity contribution < 1.29 is 14.3 Å². The van der Waals surface area contributed by atoms with Gasteiger partial charge >= 0.3 is 0 Å². The van der Waals surface area contributed by atoms with Crippen molar-refractivity contribution in [3.63, 3.8) is 0 Å². The van der Waals surface area contributed by atoms with Crippen molar-refractivity contribution in [3.8, 4) is 0 Å². The topological polar surface area (TPSA) is 97.5 Å². The summed E-state index contributed by atoms with van der Waals surface area (Å²) in [7, 11) is 1.46. The van der Waals surface area contributed by atoms with Crippen LogP contribution >= 0.6 is 36.4 Å². The molecule has 0 aliphatic rings. The molecule has 0 radical (unpaired) electrons. The molecule has 0 aliphatic heterocycles. The van der Waals surface area contributed by atoms with Gasteiger partial charge < -0.3 is 20.7 Å². The van der Waals surface area contributed by atoms with Gasteiger partial charge in [0.2, 0.25) is 11.8 Å². The summed E-state index contributed by atoms with van der Waals surface area (Å²) in [6.45, 7) is 0.146. The van der Waals surface area contributed by atoms with Crippen LogP contribution in [0.5, 0.6) is 0 Å². The second-order valence-corrected chi connectivity index (χ2v) is 6.11. The Morgan fingerprint density at radius 2 is 1.93 bits per heavy atom. The predicted molar refractivity (Wildman–Crippen MR) is 114 cm³/mol. The quantitative estimate of drug-likeness (QED) is 0.645. The Labute approximate surface area is 181 Å². The van der Waals surface area contributed by atoms with Crippen LogP contribution in [-0.2, 0) is 20.9 Å². The second-order valence-electron chi connectivity index (χ2n) is 5.67. The molecule has 0 saturated heterocycles. The van der Waals surface area contributed by atoms with Gasteiger partial charge in [0.25, 0.3) is 0 Å². The number of aromatic nitrogens is 1. The zero-order chi connectivity index (χ0) is 18.9. The smallest absolute Gasteiger partial charge is 0.244 e. The lowest BCUT2D eigenvalue weighted by Crippen LogP contribution is -2.48. The monoisotopic (exact) mass is 448 g/mol. The first kappa shape index (κ1) is 26.1. The number of benzene rings is 1. The molecule has 0 bridgehead atoms. The molecular formula is C18H23Cl3N4O3. The van der Waals surface area contributed by atoms with E-state index in [0.29, 0.717) is 10.7 Å². The molecule has 1 atom stereocenters. The summed E-state index contributed by atoms with van der Waals surface area (Å²) >= 11 is 5.83. The van der Waals surface area contributed by atoms with Crippen molar-refractivity contribution in [1.29, 1.82) is 0 Å². The Balaban J connectivity index is 0.00000364. The van der Waals surface area contributed by atoms with Crippen molar-refractivity contribution in [2.75, 3.05) is 25.6 Å². The van der Waals surface area contributed by atoms with Crippen molar-refractivity contribution in [2.45, 2.75) is 12.6 Å². The fraction of sp³-hybridized carbons (Fsp3) is 0.278. The first-order valence-electron chi connectivity index (χ1n) is 7.97. The molecule has 2 amide bonds. The summed E-state index contributed by atoms with van der Waals surface area (Å²) in [4.78, 5) is 30.3. The molecule has 1 heterocycles. The Kier molecular flexibility index (Phi) is 12.4. The molecule has 28 heavy (non-hydrogen) atoms. The van der Waals surface area contributed by atoms with Crippen molar-refractivity contribution in [3.05, 3.63) is 59.4 Å². The van der Waals surface area contributed by atoms with E-state index in [9.17, 15) is 9.59 Å². The SMILES string of the molecule is COCC(N)C(=O)N(CC(=O)Nc1ccc(Cl)cc1)Cc1cccnc1.Cl.Cl. The fourth-order valence-electron chi connectivity index (χ4n) is 2.32. The number of ether oxygens (including phenoxy) is 1. The molecule has 0 spiro atoms. The standard InChI is InChI=1S/C18H21ClN4O3.2ClH/c1-26-12-16(20)18(25)23(10-13-3-2-8-21-9-13)11-17(24)22-15-6-4-14(19)5-7-15;;/h2-9,16H,10-12,20H2,1H3,(H,22,24);2*1H. The van der Waals surface area contributed by atoms with Crippen LogP contribution < -0.4 is 11.1 Å². The molecule has 0 aliphatic carbocycles. The number of nitrogens with two attached hydrogens (primary N) is 1. The van der Waals surface area contributed by atoms with Crippen LogP contribution in [0.15, 0.2) is 48.8 Å². The lowest BCUT2D eigenvalue weighted by atomic mass is 10.2. The van der Waals surface area contributed by atoms with Crippen LogP contribution in [0.4, 0.5) is 5.69 Å². The number of rotatable bonds is 8. The van der Waals surface area contributed by atoms with Gasteiger partial charge in [-0.1, -0.05) is 17.7 Å². The lowest BCUT2D eigenvalue weighted by molar-refractivity contribution is -0.137. The number of carbonyl (C=O) groups excluding carboxylic acids is 2. The molecule has 1 unspecified atom stereocenters. The first-order chi connectivity index (χ1) is 12.5. The van der Waals surface area contributed by atoms with Gasteiger partial charge in [-0.2, -0.15) is 0 Å². The number of nitrogens with zero attached hydrogens (tertiary/aromatic N) is 2. The highest BCUT2D eigenvalue weighted by Gasteiger charge is 2.23. The first-order valence-corrected chi connectivity index (χ1v) is 8.35. The summed E-state index contributed by atoms with van der Waals surface area (Å²) in [5.41, 5.74) is 7.24. The van der Waals surface area contributed by atoms with Gasteiger partial charge in [-0.3, -0.25) is 14.6 Å². The summed E-state index contributed by atoms with van der Waals surface area (Å²) in [5.74, 6) is -0.712. The van der Waals surface area contributed by atoms with Gasteiger partial charge in [0.15, 0.2) is 0 Å². The van der Waals surface area contributed by atoms with E-state index in [1.54, 1.807) is 42.7 Å². The van der Waals surface area contributed by atoms with Gasteiger partial charge in [0.05, 0.1) is 6.61 Å². The van der Waals surface area contributed by atoms with Crippen molar-refractivity contribution >= 4 is 53.9 Å². The Hall–Kier alpha value is -1.90. The molecule has 2 rings (SSSR count). The predicted octanol–water partition coefficient (Wildman–Crippen LogP) is 2.52. The second kappa shape index (κ2) is 13.3. The highest BCUT2D eigenvalue weighted by atomic mass is 35.5. The Morgan fingerprint density at radius 3 is 2.50 bits per heavy atom. The van der Waals surface area contributed by atoms with Crippen LogP contribution in [0.3, 0.4) is 0 Å². The minimum absolute atomic E-state index is 0. The van der Waals surface area contributed by atoms with E-state index in [-0.39, 0.29) is 56.3 Å². The number of pyridine rings is 1. The number of anilines is 1. The number of halogens is 3. The average Bonchev–Trinajstić information content (AvgIpc) is 2.63. The summed E-state index contributed by atoms with van der Waals surface area (Å²) in [5, 5.41) is 3.30. The van der Waals surface area contributed by atoms with Gasteiger partial charge in [0.1, 0.15) is 12.6 Å². The number of hydrogen-bond acceptors (Lipinski definition) is 5. The molecule has 7 nitrogen and oxygen atoms in total. The van der Waals surface area contributed by atoms with E-state index in [4.69, 9.17) is 22.1 Å². The lowest BCUT2D eigenvalue weighted by Gasteiger charge is -2.25. The highest BCUT2D eigenvalue weighted by molar-refractivity contribution is 6.30. The minimum Gasteiger partial charge on any atom is -0.383 e. The number of methoxy groups -OCH3 is 1. The third-order valence-electron chi connectivity index (χ3n) is 3.53. The third kappa shape index (κ3) is 8.41. The number of carbonyl (C=O) groups is 2. The number of hydrogen-bond donors (Lipinski definition) is 2. The third-order valence-corrected chi connectivity index (χ3v) is 3.79.